The Kier molecular flexibility index (Phi) is 4.52. The molecule has 0 saturated carbocycles. The van der Waals surface area contributed by atoms with Gasteiger partial charge >= 0.3 is 5.97 Å². The van der Waals surface area contributed by atoms with Gasteiger partial charge in [0.2, 0.25) is 0 Å². The van der Waals surface area contributed by atoms with Gasteiger partial charge in [-0.05, 0) is 32.0 Å². The summed E-state index contributed by atoms with van der Waals surface area (Å²) in [6.45, 7) is 4.04. The Balaban J connectivity index is 1.84. The van der Waals surface area contributed by atoms with Gasteiger partial charge in [-0.15, -0.1) is 0 Å². The van der Waals surface area contributed by atoms with Crippen LogP contribution in [0.2, 0.25) is 0 Å². The Labute approximate surface area is 107 Å². The van der Waals surface area contributed by atoms with Crippen LogP contribution in [0, 0.1) is 0 Å². The number of piperidine rings is 1. The number of nitrogens with zero attached hydrogens (tertiary/aromatic N) is 2. The van der Waals surface area contributed by atoms with Crippen molar-refractivity contribution in [1.82, 2.24) is 9.88 Å². The molecule has 1 aliphatic heterocycles. The number of carboxylic acids is 1. The standard InChI is InChI=1S/C13H19N3O2/c17-13(18)11-10-14-5-4-12(11)15-6-9-16-7-2-1-3-8-16/h4-5,10H,1-3,6-9H2,(H,14,15)(H,17,18). The van der Waals surface area contributed by atoms with Gasteiger partial charge in [0, 0.05) is 25.5 Å². The van der Waals surface area contributed by atoms with Gasteiger partial charge in [-0.25, -0.2) is 4.79 Å². The smallest absolute Gasteiger partial charge is 0.339 e. The van der Waals surface area contributed by atoms with Crippen LogP contribution in [0.15, 0.2) is 18.5 Å². The van der Waals surface area contributed by atoms with E-state index in [0.717, 1.165) is 26.2 Å². The first-order valence-corrected chi connectivity index (χ1v) is 6.41. The molecule has 98 valence electrons. The van der Waals surface area contributed by atoms with E-state index in [1.807, 2.05) is 0 Å². The van der Waals surface area contributed by atoms with Crippen LogP contribution in [-0.4, -0.2) is 47.1 Å². The van der Waals surface area contributed by atoms with E-state index >= 15 is 0 Å². The highest BCUT2D eigenvalue weighted by atomic mass is 16.4. The number of aromatic nitrogens is 1. The molecule has 0 amide bonds. The number of hydrogen-bond donors (Lipinski definition) is 2. The molecule has 2 N–H and O–H groups in total. The van der Waals surface area contributed by atoms with Gasteiger partial charge in [-0.2, -0.15) is 0 Å². The SMILES string of the molecule is O=C(O)c1cnccc1NCCN1CCCCC1. The number of hydrogen-bond acceptors (Lipinski definition) is 4. The molecule has 0 aromatic carbocycles. The summed E-state index contributed by atoms with van der Waals surface area (Å²) < 4.78 is 0. The molecule has 1 aromatic rings. The molecular weight excluding hydrogens is 230 g/mol. The Bertz CT molecular complexity index is 403. The summed E-state index contributed by atoms with van der Waals surface area (Å²) >= 11 is 0. The number of nitrogens with one attached hydrogen (secondary N) is 1. The minimum absolute atomic E-state index is 0.233. The fourth-order valence-corrected chi connectivity index (χ4v) is 2.25. The van der Waals surface area contributed by atoms with E-state index in [0.29, 0.717) is 5.69 Å². The van der Waals surface area contributed by atoms with Crippen molar-refractivity contribution in [3.8, 4) is 0 Å². The highest BCUT2D eigenvalue weighted by molar-refractivity contribution is 5.93. The molecular formula is C13H19N3O2. The normalized spacial score (nSPS) is 16.4. The molecule has 2 rings (SSSR count). The third-order valence-electron chi connectivity index (χ3n) is 3.24. The largest absolute Gasteiger partial charge is 0.478 e. The highest BCUT2D eigenvalue weighted by Crippen LogP contribution is 2.13. The number of pyridine rings is 1. The average molecular weight is 249 g/mol. The average Bonchev–Trinajstić information content (AvgIpc) is 2.40. The van der Waals surface area contributed by atoms with Crippen LogP contribution in [0.4, 0.5) is 5.69 Å². The van der Waals surface area contributed by atoms with E-state index < -0.39 is 5.97 Å². The van der Waals surface area contributed by atoms with Crippen molar-refractivity contribution in [3.63, 3.8) is 0 Å². The Morgan fingerprint density at radius 2 is 2.17 bits per heavy atom. The van der Waals surface area contributed by atoms with Gasteiger partial charge in [0.05, 0.1) is 5.69 Å². The fraction of sp³-hybridized carbons (Fsp3) is 0.538. The van der Waals surface area contributed by atoms with E-state index in [1.54, 1.807) is 12.3 Å². The first-order chi connectivity index (χ1) is 8.77. The molecule has 5 heteroatoms. The number of carboxylic acid groups (broad SMARTS) is 1. The van der Waals surface area contributed by atoms with Gasteiger partial charge in [0.25, 0.3) is 0 Å². The van der Waals surface area contributed by atoms with Crippen molar-refractivity contribution >= 4 is 11.7 Å². The molecule has 18 heavy (non-hydrogen) atoms. The molecule has 0 atom stereocenters. The van der Waals surface area contributed by atoms with Crippen LogP contribution in [0.1, 0.15) is 29.6 Å². The van der Waals surface area contributed by atoms with Crippen LogP contribution in [0.5, 0.6) is 0 Å². The minimum Gasteiger partial charge on any atom is -0.478 e. The molecule has 5 nitrogen and oxygen atoms in total. The van der Waals surface area contributed by atoms with E-state index in [4.69, 9.17) is 5.11 Å². The van der Waals surface area contributed by atoms with Crippen molar-refractivity contribution in [1.29, 1.82) is 0 Å². The molecule has 0 unspecified atom stereocenters. The maximum Gasteiger partial charge on any atom is 0.339 e. The zero-order chi connectivity index (χ0) is 12.8. The van der Waals surface area contributed by atoms with E-state index in [9.17, 15) is 4.79 Å². The number of rotatable bonds is 5. The molecule has 0 bridgehead atoms. The van der Waals surface area contributed by atoms with Gasteiger partial charge in [0.15, 0.2) is 0 Å². The zero-order valence-corrected chi connectivity index (χ0v) is 10.4. The second-order valence-electron chi connectivity index (χ2n) is 4.56. The fourth-order valence-electron chi connectivity index (χ4n) is 2.25. The Hall–Kier alpha value is -1.62. The quantitative estimate of drug-likeness (QED) is 0.831. The Morgan fingerprint density at radius 3 is 2.89 bits per heavy atom. The molecule has 0 spiro atoms. The monoisotopic (exact) mass is 249 g/mol. The zero-order valence-electron chi connectivity index (χ0n) is 10.4. The summed E-state index contributed by atoms with van der Waals surface area (Å²) in [7, 11) is 0. The predicted molar refractivity (Wildman–Crippen MR) is 70.0 cm³/mol. The molecule has 1 saturated heterocycles. The molecule has 1 aliphatic rings. The van der Waals surface area contributed by atoms with Crippen molar-refractivity contribution in [2.75, 3.05) is 31.5 Å². The van der Waals surface area contributed by atoms with Crippen LogP contribution >= 0.6 is 0 Å². The van der Waals surface area contributed by atoms with Crippen LogP contribution in [0.3, 0.4) is 0 Å². The molecule has 1 aromatic heterocycles. The van der Waals surface area contributed by atoms with E-state index in [2.05, 4.69) is 15.2 Å². The lowest BCUT2D eigenvalue weighted by atomic mass is 10.1. The lowest BCUT2D eigenvalue weighted by molar-refractivity contribution is 0.0697. The maximum atomic E-state index is 11.0. The summed E-state index contributed by atoms with van der Waals surface area (Å²) in [5, 5.41) is 12.2. The lowest BCUT2D eigenvalue weighted by Gasteiger charge is -2.26. The van der Waals surface area contributed by atoms with Crippen LogP contribution in [-0.2, 0) is 0 Å². The minimum atomic E-state index is -0.941. The third-order valence-corrected chi connectivity index (χ3v) is 3.24. The molecule has 2 heterocycles. The summed E-state index contributed by atoms with van der Waals surface area (Å²) in [5.74, 6) is -0.941. The van der Waals surface area contributed by atoms with Crippen LogP contribution < -0.4 is 5.32 Å². The van der Waals surface area contributed by atoms with E-state index in [-0.39, 0.29) is 5.56 Å². The van der Waals surface area contributed by atoms with Crippen molar-refractivity contribution in [2.45, 2.75) is 19.3 Å². The topological polar surface area (TPSA) is 65.5 Å². The van der Waals surface area contributed by atoms with Gasteiger partial charge in [0.1, 0.15) is 5.56 Å². The van der Waals surface area contributed by atoms with Crippen molar-refractivity contribution < 1.29 is 9.90 Å². The second-order valence-corrected chi connectivity index (χ2v) is 4.56. The van der Waals surface area contributed by atoms with Gasteiger partial charge in [-0.1, -0.05) is 6.42 Å². The Morgan fingerprint density at radius 1 is 1.39 bits per heavy atom. The third kappa shape index (κ3) is 3.43. The number of anilines is 1. The summed E-state index contributed by atoms with van der Waals surface area (Å²) in [5.41, 5.74) is 0.880. The highest BCUT2D eigenvalue weighted by Gasteiger charge is 2.11. The van der Waals surface area contributed by atoms with Gasteiger partial charge in [-0.3, -0.25) is 4.98 Å². The number of aromatic carboxylic acids is 1. The van der Waals surface area contributed by atoms with Crippen molar-refractivity contribution in [2.24, 2.45) is 0 Å². The van der Waals surface area contributed by atoms with Crippen LogP contribution in [0.25, 0.3) is 0 Å². The number of carbonyl (C=O) groups is 1. The lowest BCUT2D eigenvalue weighted by Crippen LogP contribution is -2.33. The first kappa shape index (κ1) is 12.8. The first-order valence-electron chi connectivity index (χ1n) is 6.41. The van der Waals surface area contributed by atoms with Crippen molar-refractivity contribution in [3.05, 3.63) is 24.0 Å². The predicted octanol–water partition coefficient (Wildman–Crippen LogP) is 1.68. The molecule has 1 fully saturated rings. The number of likely N-dealkylation sites (tertiary alicyclic amines) is 1. The second kappa shape index (κ2) is 6.35. The molecule has 0 radical (unpaired) electrons. The van der Waals surface area contributed by atoms with Gasteiger partial charge < -0.3 is 15.3 Å². The summed E-state index contributed by atoms with van der Waals surface area (Å²) in [6, 6.07) is 1.71. The maximum absolute atomic E-state index is 11.0. The summed E-state index contributed by atoms with van der Waals surface area (Å²) in [6.07, 6.45) is 6.87. The summed E-state index contributed by atoms with van der Waals surface area (Å²) in [4.78, 5) is 17.2. The van der Waals surface area contributed by atoms with E-state index in [1.165, 1.54) is 25.5 Å². The molecule has 0 aliphatic carbocycles.